The zero-order valence-electron chi connectivity index (χ0n) is 13.4. The minimum Gasteiger partial charge on any atom is -0.343 e. The van der Waals surface area contributed by atoms with Gasteiger partial charge in [0, 0.05) is 29.9 Å². The Morgan fingerprint density at radius 1 is 1.46 bits per heavy atom. The highest BCUT2D eigenvalue weighted by Crippen LogP contribution is 2.32. The maximum Gasteiger partial charge on any atom is 0.244 e. The molecule has 1 atom stereocenters. The fourth-order valence-electron chi connectivity index (χ4n) is 2.82. The van der Waals surface area contributed by atoms with E-state index in [-0.39, 0.29) is 24.4 Å². The van der Waals surface area contributed by atoms with Crippen molar-refractivity contribution in [2.45, 2.75) is 19.4 Å². The first-order chi connectivity index (χ1) is 11.6. The summed E-state index contributed by atoms with van der Waals surface area (Å²) in [6, 6.07) is 5.81. The van der Waals surface area contributed by atoms with Crippen molar-refractivity contribution in [3.63, 3.8) is 0 Å². The fourth-order valence-corrected chi connectivity index (χ4v) is 3.78. The molecule has 2 amide bonds. The number of hydrogen-bond donors (Lipinski definition) is 1. The third-order valence-electron chi connectivity index (χ3n) is 4.12. The van der Waals surface area contributed by atoms with E-state index in [0.29, 0.717) is 6.54 Å². The van der Waals surface area contributed by atoms with E-state index in [0.717, 1.165) is 12.0 Å². The fraction of sp³-hybridized carbons (Fsp3) is 0.278. The molecule has 1 N–H and O–H groups in total. The van der Waals surface area contributed by atoms with E-state index in [9.17, 15) is 9.59 Å². The first-order valence-electron chi connectivity index (χ1n) is 7.87. The van der Waals surface area contributed by atoms with Crippen LogP contribution in [0.5, 0.6) is 0 Å². The minimum absolute atomic E-state index is 0.0139. The maximum absolute atomic E-state index is 12.4. The van der Waals surface area contributed by atoms with Crippen LogP contribution in [0.3, 0.4) is 0 Å². The first kappa shape index (κ1) is 16.4. The molecular formula is C18H19N3O2S. The molecule has 24 heavy (non-hydrogen) atoms. The Balaban J connectivity index is 1.52. The first-order valence-corrected chi connectivity index (χ1v) is 8.75. The Labute approximate surface area is 145 Å². The van der Waals surface area contributed by atoms with Gasteiger partial charge in [-0.3, -0.25) is 14.6 Å². The summed E-state index contributed by atoms with van der Waals surface area (Å²) in [6.45, 7) is 2.75. The standard InChI is InChI=1S/C18H19N3O2S/c1-13-15-7-10-24-16(15)6-9-21(13)18(23)12-20-17(22)5-4-14-3-2-8-19-11-14/h2-5,7-8,10-11,13H,6,9,12H2,1H3,(H,20,22)/b5-4+/t13-/m0/s1. The van der Waals surface area contributed by atoms with Gasteiger partial charge in [0.25, 0.3) is 0 Å². The third kappa shape index (κ3) is 3.71. The average molecular weight is 341 g/mol. The van der Waals surface area contributed by atoms with Gasteiger partial charge in [0.15, 0.2) is 0 Å². The van der Waals surface area contributed by atoms with E-state index in [1.54, 1.807) is 35.9 Å². The van der Waals surface area contributed by atoms with Crippen LogP contribution in [-0.2, 0) is 16.0 Å². The number of nitrogens with zero attached hydrogens (tertiary/aromatic N) is 2. The van der Waals surface area contributed by atoms with Crippen LogP contribution in [0.2, 0.25) is 0 Å². The van der Waals surface area contributed by atoms with Crippen LogP contribution < -0.4 is 5.32 Å². The molecule has 0 spiro atoms. The second kappa shape index (κ2) is 7.40. The van der Waals surface area contributed by atoms with Crippen molar-refractivity contribution in [2.24, 2.45) is 0 Å². The highest BCUT2D eigenvalue weighted by Gasteiger charge is 2.28. The van der Waals surface area contributed by atoms with Crippen LogP contribution >= 0.6 is 11.3 Å². The summed E-state index contributed by atoms with van der Waals surface area (Å²) >= 11 is 1.74. The Bertz CT molecular complexity index is 755. The van der Waals surface area contributed by atoms with Gasteiger partial charge < -0.3 is 10.2 Å². The third-order valence-corrected chi connectivity index (χ3v) is 5.12. The molecule has 124 valence electrons. The average Bonchev–Trinajstić information content (AvgIpc) is 3.09. The summed E-state index contributed by atoms with van der Waals surface area (Å²) in [5.74, 6) is -0.337. The predicted octanol–water partition coefficient (Wildman–Crippen LogP) is 2.42. The van der Waals surface area contributed by atoms with Crippen LogP contribution in [-0.4, -0.2) is 34.8 Å². The lowest BCUT2D eigenvalue weighted by molar-refractivity contribution is -0.134. The van der Waals surface area contributed by atoms with E-state index in [4.69, 9.17) is 0 Å². The summed E-state index contributed by atoms with van der Waals surface area (Å²) < 4.78 is 0. The maximum atomic E-state index is 12.4. The van der Waals surface area contributed by atoms with Gasteiger partial charge in [-0.15, -0.1) is 11.3 Å². The number of amides is 2. The van der Waals surface area contributed by atoms with Crippen LogP contribution in [0.15, 0.2) is 42.0 Å². The van der Waals surface area contributed by atoms with Crippen molar-refractivity contribution in [1.29, 1.82) is 0 Å². The summed E-state index contributed by atoms with van der Waals surface area (Å²) in [7, 11) is 0. The van der Waals surface area contributed by atoms with Crippen LogP contribution in [0.4, 0.5) is 0 Å². The van der Waals surface area contributed by atoms with Gasteiger partial charge in [0.2, 0.25) is 11.8 Å². The lowest BCUT2D eigenvalue weighted by Gasteiger charge is -2.33. The minimum atomic E-state index is -0.284. The van der Waals surface area contributed by atoms with E-state index in [1.807, 2.05) is 17.9 Å². The molecule has 1 aliphatic heterocycles. The Morgan fingerprint density at radius 3 is 3.12 bits per heavy atom. The van der Waals surface area contributed by atoms with E-state index >= 15 is 0 Å². The zero-order valence-corrected chi connectivity index (χ0v) is 14.3. The van der Waals surface area contributed by atoms with Crippen molar-refractivity contribution in [3.8, 4) is 0 Å². The number of aromatic nitrogens is 1. The van der Waals surface area contributed by atoms with E-state index in [2.05, 4.69) is 21.7 Å². The van der Waals surface area contributed by atoms with Crippen molar-refractivity contribution < 1.29 is 9.59 Å². The SMILES string of the molecule is C[C@H]1c2ccsc2CCN1C(=O)CNC(=O)/C=C/c1cccnc1. The molecule has 0 bridgehead atoms. The Kier molecular flexibility index (Phi) is 5.05. The molecule has 2 aromatic heterocycles. The normalized spacial score (nSPS) is 16.9. The number of carbonyl (C=O) groups excluding carboxylic acids is 2. The van der Waals surface area contributed by atoms with Gasteiger partial charge in [-0.2, -0.15) is 0 Å². The van der Waals surface area contributed by atoms with Crippen LogP contribution in [0.25, 0.3) is 6.08 Å². The van der Waals surface area contributed by atoms with Gasteiger partial charge in [-0.05, 0) is 48.1 Å². The van der Waals surface area contributed by atoms with E-state index in [1.165, 1.54) is 16.5 Å². The molecule has 0 saturated carbocycles. The number of pyridine rings is 1. The van der Waals surface area contributed by atoms with Gasteiger partial charge >= 0.3 is 0 Å². The number of nitrogens with one attached hydrogen (secondary N) is 1. The molecular weight excluding hydrogens is 322 g/mol. The lowest BCUT2D eigenvalue weighted by atomic mass is 10.0. The molecule has 1 aliphatic rings. The summed E-state index contributed by atoms with van der Waals surface area (Å²) in [5, 5.41) is 4.72. The molecule has 0 saturated heterocycles. The molecule has 0 radical (unpaired) electrons. The second-order valence-corrected chi connectivity index (χ2v) is 6.65. The number of carbonyl (C=O) groups is 2. The highest BCUT2D eigenvalue weighted by molar-refractivity contribution is 7.10. The van der Waals surface area contributed by atoms with E-state index < -0.39 is 0 Å². The Hall–Kier alpha value is -2.47. The van der Waals surface area contributed by atoms with Crippen molar-refractivity contribution >= 4 is 29.2 Å². The molecule has 0 aromatic carbocycles. The number of rotatable bonds is 4. The molecule has 5 nitrogen and oxygen atoms in total. The zero-order chi connectivity index (χ0) is 16.9. The van der Waals surface area contributed by atoms with Crippen molar-refractivity contribution in [2.75, 3.05) is 13.1 Å². The van der Waals surface area contributed by atoms with Gasteiger partial charge in [0.05, 0.1) is 12.6 Å². The predicted molar refractivity (Wildman–Crippen MR) is 94.4 cm³/mol. The second-order valence-electron chi connectivity index (χ2n) is 5.65. The quantitative estimate of drug-likeness (QED) is 0.869. The molecule has 3 heterocycles. The van der Waals surface area contributed by atoms with Crippen molar-refractivity contribution in [1.82, 2.24) is 15.2 Å². The molecule has 0 aliphatic carbocycles. The molecule has 2 aromatic rings. The van der Waals surface area contributed by atoms with Gasteiger partial charge in [-0.25, -0.2) is 0 Å². The monoisotopic (exact) mass is 341 g/mol. The van der Waals surface area contributed by atoms with Gasteiger partial charge in [-0.1, -0.05) is 6.07 Å². The smallest absolute Gasteiger partial charge is 0.244 e. The Morgan fingerprint density at radius 2 is 2.33 bits per heavy atom. The number of thiophene rings is 1. The number of fused-ring (bicyclic) bond motifs is 1. The highest BCUT2D eigenvalue weighted by atomic mass is 32.1. The molecule has 3 rings (SSSR count). The molecule has 0 fully saturated rings. The lowest BCUT2D eigenvalue weighted by Crippen LogP contribution is -2.43. The van der Waals surface area contributed by atoms with Gasteiger partial charge in [0.1, 0.15) is 0 Å². The summed E-state index contributed by atoms with van der Waals surface area (Å²) in [6.07, 6.45) is 7.32. The molecule has 6 heteroatoms. The number of hydrogen-bond acceptors (Lipinski definition) is 4. The molecule has 0 unspecified atom stereocenters. The van der Waals surface area contributed by atoms with Crippen molar-refractivity contribution in [3.05, 3.63) is 58.1 Å². The summed E-state index contributed by atoms with van der Waals surface area (Å²) in [4.78, 5) is 31.4. The largest absolute Gasteiger partial charge is 0.343 e. The topological polar surface area (TPSA) is 62.3 Å². The summed E-state index contributed by atoms with van der Waals surface area (Å²) in [5.41, 5.74) is 2.07. The van der Waals surface area contributed by atoms with Crippen LogP contribution in [0, 0.1) is 0 Å². The van der Waals surface area contributed by atoms with Crippen LogP contribution in [0.1, 0.15) is 29.0 Å².